The first kappa shape index (κ1) is 17.7. The fourth-order valence-electron chi connectivity index (χ4n) is 2.27. The van der Waals surface area contributed by atoms with E-state index < -0.39 is 5.97 Å². The third kappa shape index (κ3) is 4.18. The minimum Gasteiger partial charge on any atom is -0.452 e. The molecule has 0 spiro atoms. The fourth-order valence-corrected chi connectivity index (χ4v) is 2.27. The zero-order valence-corrected chi connectivity index (χ0v) is 13.7. The van der Waals surface area contributed by atoms with E-state index >= 15 is 0 Å². The van der Waals surface area contributed by atoms with Gasteiger partial charge >= 0.3 is 5.97 Å². The molecular weight excluding hydrogens is 312 g/mol. The van der Waals surface area contributed by atoms with Gasteiger partial charge < -0.3 is 10.1 Å². The molecule has 1 N–H and O–H groups in total. The van der Waals surface area contributed by atoms with Crippen LogP contribution in [0.2, 0.25) is 0 Å². The number of anilines is 1. The summed E-state index contributed by atoms with van der Waals surface area (Å²) in [4.78, 5) is 48.2. The van der Waals surface area contributed by atoms with E-state index in [4.69, 9.17) is 4.74 Å². The number of ether oxygens (including phenoxy) is 1. The van der Waals surface area contributed by atoms with Crippen molar-refractivity contribution in [2.45, 2.75) is 39.2 Å². The van der Waals surface area contributed by atoms with Crippen LogP contribution < -0.4 is 10.2 Å². The van der Waals surface area contributed by atoms with E-state index in [9.17, 15) is 19.2 Å². The molecule has 0 aromatic heterocycles. The van der Waals surface area contributed by atoms with Crippen LogP contribution in [0.25, 0.3) is 0 Å². The smallest absolute Gasteiger partial charge is 0.338 e. The number of hydrogen-bond donors (Lipinski definition) is 1. The van der Waals surface area contributed by atoms with Crippen molar-refractivity contribution >= 4 is 29.4 Å². The molecule has 0 aliphatic carbocycles. The summed E-state index contributed by atoms with van der Waals surface area (Å²) in [6, 6.07) is 6.06. The SMILES string of the molecule is CC[C@@H](C)NC(=O)COC(=O)c1cccc(N2C(=O)CCC2=O)c1. The third-order valence-corrected chi connectivity index (χ3v) is 3.75. The van der Waals surface area contributed by atoms with Crippen LogP contribution in [-0.4, -0.2) is 36.3 Å². The van der Waals surface area contributed by atoms with Crippen LogP contribution in [0.4, 0.5) is 5.69 Å². The average molecular weight is 332 g/mol. The molecule has 1 fully saturated rings. The first-order valence-corrected chi connectivity index (χ1v) is 7.84. The first-order chi connectivity index (χ1) is 11.4. The molecule has 0 saturated carbocycles. The lowest BCUT2D eigenvalue weighted by molar-refractivity contribution is -0.125. The van der Waals surface area contributed by atoms with Crippen LogP contribution in [0.1, 0.15) is 43.5 Å². The summed E-state index contributed by atoms with van der Waals surface area (Å²) in [6.45, 7) is 3.41. The van der Waals surface area contributed by atoms with Crippen molar-refractivity contribution in [3.63, 3.8) is 0 Å². The Balaban J connectivity index is 2.00. The van der Waals surface area contributed by atoms with Crippen LogP contribution >= 0.6 is 0 Å². The zero-order chi connectivity index (χ0) is 17.7. The summed E-state index contributed by atoms with van der Waals surface area (Å²) < 4.78 is 4.97. The molecule has 0 radical (unpaired) electrons. The number of amides is 3. The predicted octanol–water partition coefficient (Wildman–Crippen LogP) is 1.41. The molecule has 1 aromatic rings. The second-order valence-electron chi connectivity index (χ2n) is 5.63. The van der Waals surface area contributed by atoms with Crippen molar-refractivity contribution in [2.75, 3.05) is 11.5 Å². The van der Waals surface area contributed by atoms with Gasteiger partial charge in [0.1, 0.15) is 0 Å². The van der Waals surface area contributed by atoms with Crippen LogP contribution in [0.15, 0.2) is 24.3 Å². The van der Waals surface area contributed by atoms with Gasteiger partial charge in [-0.25, -0.2) is 4.79 Å². The van der Waals surface area contributed by atoms with Crippen LogP contribution in [0.3, 0.4) is 0 Å². The van der Waals surface area contributed by atoms with Crippen LogP contribution in [0.5, 0.6) is 0 Å². The molecule has 0 bridgehead atoms. The van der Waals surface area contributed by atoms with Gasteiger partial charge in [0.2, 0.25) is 11.8 Å². The highest BCUT2D eigenvalue weighted by molar-refractivity contribution is 6.20. The number of benzene rings is 1. The summed E-state index contributed by atoms with van der Waals surface area (Å²) in [7, 11) is 0. The van der Waals surface area contributed by atoms with Crippen molar-refractivity contribution in [1.29, 1.82) is 0 Å². The summed E-state index contributed by atoms with van der Waals surface area (Å²) in [5, 5.41) is 2.69. The first-order valence-electron chi connectivity index (χ1n) is 7.84. The van der Waals surface area contributed by atoms with Crippen LogP contribution in [0, 0.1) is 0 Å². The molecular formula is C17H20N2O5. The van der Waals surface area contributed by atoms with Gasteiger partial charge in [0, 0.05) is 18.9 Å². The summed E-state index contributed by atoms with van der Waals surface area (Å²) >= 11 is 0. The Kier molecular flexibility index (Phi) is 5.68. The largest absolute Gasteiger partial charge is 0.452 e. The number of esters is 1. The van der Waals surface area contributed by atoms with Gasteiger partial charge in [-0.2, -0.15) is 0 Å². The maximum atomic E-state index is 12.0. The monoisotopic (exact) mass is 332 g/mol. The molecule has 1 saturated heterocycles. The minimum atomic E-state index is -0.685. The van der Waals surface area contributed by atoms with E-state index in [-0.39, 0.29) is 48.8 Å². The van der Waals surface area contributed by atoms with Crippen molar-refractivity contribution < 1.29 is 23.9 Å². The average Bonchev–Trinajstić information content (AvgIpc) is 2.91. The normalized spacial score (nSPS) is 15.3. The molecule has 3 amide bonds. The summed E-state index contributed by atoms with van der Waals surface area (Å²) in [5.74, 6) is -1.65. The summed E-state index contributed by atoms with van der Waals surface area (Å²) in [6.07, 6.45) is 1.12. The van der Waals surface area contributed by atoms with E-state index in [2.05, 4.69) is 5.32 Å². The Morgan fingerprint density at radius 1 is 1.25 bits per heavy atom. The molecule has 1 aromatic carbocycles. The Hall–Kier alpha value is -2.70. The number of nitrogens with one attached hydrogen (secondary N) is 1. The topological polar surface area (TPSA) is 92.8 Å². The molecule has 1 aliphatic heterocycles. The molecule has 0 unspecified atom stereocenters. The van der Waals surface area contributed by atoms with E-state index in [1.54, 1.807) is 12.1 Å². The number of rotatable bonds is 6. The minimum absolute atomic E-state index is 0.00622. The molecule has 2 rings (SSSR count). The zero-order valence-electron chi connectivity index (χ0n) is 13.7. The van der Waals surface area contributed by atoms with E-state index in [0.29, 0.717) is 5.69 Å². The van der Waals surface area contributed by atoms with Gasteiger partial charge in [0.05, 0.1) is 11.3 Å². The highest BCUT2D eigenvalue weighted by Gasteiger charge is 2.30. The van der Waals surface area contributed by atoms with Crippen molar-refractivity contribution in [3.8, 4) is 0 Å². The number of nitrogens with zero attached hydrogens (tertiary/aromatic N) is 1. The maximum Gasteiger partial charge on any atom is 0.338 e. The maximum absolute atomic E-state index is 12.0. The van der Waals surface area contributed by atoms with E-state index in [0.717, 1.165) is 11.3 Å². The van der Waals surface area contributed by atoms with Crippen molar-refractivity contribution in [1.82, 2.24) is 5.32 Å². The number of imide groups is 1. The third-order valence-electron chi connectivity index (χ3n) is 3.75. The number of hydrogen-bond acceptors (Lipinski definition) is 5. The molecule has 1 aliphatic rings. The van der Waals surface area contributed by atoms with Gasteiger partial charge in [-0.3, -0.25) is 19.3 Å². The van der Waals surface area contributed by atoms with Crippen molar-refractivity contribution in [2.24, 2.45) is 0 Å². The Labute approximate surface area is 140 Å². The quantitative estimate of drug-likeness (QED) is 0.628. The number of carbonyl (C=O) groups is 4. The Bertz CT molecular complexity index is 655. The second-order valence-corrected chi connectivity index (χ2v) is 5.63. The van der Waals surface area contributed by atoms with Gasteiger partial charge in [-0.05, 0) is 31.5 Å². The second kappa shape index (κ2) is 7.72. The molecule has 24 heavy (non-hydrogen) atoms. The predicted molar refractivity (Wildman–Crippen MR) is 86.3 cm³/mol. The lowest BCUT2D eigenvalue weighted by Crippen LogP contribution is -2.35. The van der Waals surface area contributed by atoms with Crippen LogP contribution in [-0.2, 0) is 19.1 Å². The Morgan fingerprint density at radius 2 is 1.92 bits per heavy atom. The lowest BCUT2D eigenvalue weighted by Gasteiger charge is -2.15. The fraction of sp³-hybridized carbons (Fsp3) is 0.412. The summed E-state index contributed by atoms with van der Waals surface area (Å²) in [5.41, 5.74) is 0.511. The van der Waals surface area contributed by atoms with Gasteiger partial charge in [-0.1, -0.05) is 13.0 Å². The van der Waals surface area contributed by atoms with Gasteiger partial charge in [0.15, 0.2) is 6.61 Å². The molecule has 1 atom stereocenters. The Morgan fingerprint density at radius 3 is 2.54 bits per heavy atom. The van der Waals surface area contributed by atoms with Gasteiger partial charge in [0.25, 0.3) is 5.91 Å². The molecule has 7 heteroatoms. The van der Waals surface area contributed by atoms with Gasteiger partial charge in [-0.15, -0.1) is 0 Å². The van der Waals surface area contributed by atoms with E-state index in [1.165, 1.54) is 12.1 Å². The van der Waals surface area contributed by atoms with E-state index in [1.807, 2.05) is 13.8 Å². The molecule has 7 nitrogen and oxygen atoms in total. The molecule has 128 valence electrons. The lowest BCUT2D eigenvalue weighted by atomic mass is 10.2. The van der Waals surface area contributed by atoms with Crippen molar-refractivity contribution in [3.05, 3.63) is 29.8 Å². The standard InChI is InChI=1S/C17H20N2O5/c1-3-11(2)18-14(20)10-24-17(23)12-5-4-6-13(9-12)19-15(21)7-8-16(19)22/h4-6,9,11H,3,7-8,10H2,1-2H3,(H,18,20)/t11-/m1/s1. The number of carbonyl (C=O) groups excluding carboxylic acids is 4. The highest BCUT2D eigenvalue weighted by Crippen LogP contribution is 2.23. The highest BCUT2D eigenvalue weighted by atomic mass is 16.5. The molecule has 1 heterocycles.